The number of benzene rings is 2. The number of piperidine rings is 1. The number of fused-ring (bicyclic) bond motifs is 1. The van der Waals surface area contributed by atoms with Crippen LogP contribution in [0.15, 0.2) is 53.4 Å². The van der Waals surface area contributed by atoms with Gasteiger partial charge in [0.05, 0.1) is 16.9 Å². The van der Waals surface area contributed by atoms with Crippen molar-refractivity contribution in [2.75, 3.05) is 23.7 Å². The summed E-state index contributed by atoms with van der Waals surface area (Å²) in [5, 5.41) is 10.3. The Morgan fingerprint density at radius 3 is 2.67 bits per heavy atom. The minimum atomic E-state index is -0.988. The average molecular weight is 378 g/mol. The number of rotatable bonds is 4. The zero-order chi connectivity index (χ0) is 18.8. The number of para-hydroxylation sites is 1. The van der Waals surface area contributed by atoms with E-state index in [2.05, 4.69) is 46.3 Å². The molecule has 0 unspecified atom stereocenters. The van der Waals surface area contributed by atoms with Crippen molar-refractivity contribution in [1.29, 1.82) is 5.26 Å². The molecule has 1 aliphatic heterocycles. The molecule has 0 amide bonds. The topological polar surface area (TPSA) is 59.9 Å². The Balaban J connectivity index is 1.79. The number of nitriles is 1. The van der Waals surface area contributed by atoms with Crippen molar-refractivity contribution in [3.63, 3.8) is 0 Å². The number of aromatic amines is 1. The molecule has 4 rings (SSSR count). The molecule has 1 N–H and O–H groups in total. The Kier molecular flexibility index (Phi) is 5.00. The van der Waals surface area contributed by atoms with Gasteiger partial charge in [0.1, 0.15) is 0 Å². The van der Waals surface area contributed by atoms with E-state index in [-0.39, 0.29) is 5.92 Å². The van der Waals surface area contributed by atoms with E-state index in [1.807, 2.05) is 25.1 Å². The summed E-state index contributed by atoms with van der Waals surface area (Å²) in [4.78, 5) is 6.73. The van der Waals surface area contributed by atoms with Gasteiger partial charge in [-0.2, -0.15) is 5.26 Å². The lowest BCUT2D eigenvalue weighted by molar-refractivity contribution is 0.488. The summed E-state index contributed by atoms with van der Waals surface area (Å²) in [5.74, 6) is 0.767. The van der Waals surface area contributed by atoms with Crippen molar-refractivity contribution >= 4 is 27.4 Å². The van der Waals surface area contributed by atoms with E-state index >= 15 is 0 Å². The smallest absolute Gasteiger partial charge is 0.0657 e. The van der Waals surface area contributed by atoms with E-state index in [4.69, 9.17) is 0 Å². The van der Waals surface area contributed by atoms with Crippen LogP contribution in [0.25, 0.3) is 22.2 Å². The molecule has 1 atom stereocenters. The highest BCUT2D eigenvalue weighted by Crippen LogP contribution is 2.36. The van der Waals surface area contributed by atoms with Crippen molar-refractivity contribution in [2.24, 2.45) is 5.92 Å². The first-order chi connectivity index (χ1) is 13.2. The number of nitrogens with one attached hydrogen (secondary N) is 1. The third-order valence-corrected chi connectivity index (χ3v) is 6.64. The molecule has 1 saturated heterocycles. The monoisotopic (exact) mass is 377 g/mol. The molecule has 5 heteroatoms. The second-order valence-corrected chi connectivity index (χ2v) is 8.71. The number of anilines is 1. The Bertz CT molecular complexity index is 992. The summed E-state index contributed by atoms with van der Waals surface area (Å²) >= 11 is 0. The molecular weight excluding hydrogens is 354 g/mol. The summed E-state index contributed by atoms with van der Waals surface area (Å²) in [5.41, 5.74) is 4.38. The SMILES string of the molecule is CC[S@@](=O)c1ccc(N2CCC(C#N)CC2)c(-c2cc3ccccc3[nH]2)c1. The average Bonchev–Trinajstić information content (AvgIpc) is 3.17. The lowest BCUT2D eigenvalue weighted by Crippen LogP contribution is -2.33. The van der Waals surface area contributed by atoms with Crippen LogP contribution in [0.2, 0.25) is 0 Å². The van der Waals surface area contributed by atoms with Crippen molar-refractivity contribution in [1.82, 2.24) is 4.98 Å². The molecular formula is C22H23N3OS. The fraction of sp³-hybridized carbons (Fsp3) is 0.318. The number of hydrogen-bond donors (Lipinski definition) is 1. The predicted molar refractivity (Wildman–Crippen MR) is 111 cm³/mol. The van der Waals surface area contributed by atoms with Gasteiger partial charge in [-0.1, -0.05) is 25.1 Å². The Hall–Kier alpha value is -2.58. The van der Waals surface area contributed by atoms with Gasteiger partial charge in [-0.25, -0.2) is 0 Å². The van der Waals surface area contributed by atoms with Gasteiger partial charge < -0.3 is 9.88 Å². The molecule has 2 heterocycles. The molecule has 0 saturated carbocycles. The fourth-order valence-corrected chi connectivity index (χ4v) is 4.59. The number of nitrogens with zero attached hydrogens (tertiary/aromatic N) is 2. The highest BCUT2D eigenvalue weighted by atomic mass is 32.2. The molecule has 0 aliphatic carbocycles. The first-order valence-electron chi connectivity index (χ1n) is 9.44. The van der Waals surface area contributed by atoms with Crippen LogP contribution in [0.3, 0.4) is 0 Å². The van der Waals surface area contributed by atoms with Gasteiger partial charge in [0, 0.05) is 57.5 Å². The summed E-state index contributed by atoms with van der Waals surface area (Å²) in [6.07, 6.45) is 1.79. The maximum atomic E-state index is 12.4. The molecule has 138 valence electrons. The fourth-order valence-electron chi connectivity index (χ4n) is 3.78. The predicted octanol–water partition coefficient (Wildman–Crippen LogP) is 4.70. The first kappa shape index (κ1) is 17.8. The molecule has 27 heavy (non-hydrogen) atoms. The highest BCUT2D eigenvalue weighted by molar-refractivity contribution is 7.85. The van der Waals surface area contributed by atoms with Crippen LogP contribution < -0.4 is 4.90 Å². The number of H-pyrrole nitrogens is 1. The van der Waals surface area contributed by atoms with E-state index < -0.39 is 10.8 Å². The van der Waals surface area contributed by atoms with Crippen LogP contribution >= 0.6 is 0 Å². The third-order valence-electron chi connectivity index (χ3n) is 5.33. The molecule has 0 radical (unpaired) electrons. The van der Waals surface area contributed by atoms with E-state index in [9.17, 15) is 9.47 Å². The van der Waals surface area contributed by atoms with E-state index in [1.54, 1.807) is 0 Å². The quantitative estimate of drug-likeness (QED) is 0.717. The minimum Gasteiger partial charge on any atom is -0.371 e. The number of hydrogen-bond acceptors (Lipinski definition) is 3. The lowest BCUT2D eigenvalue weighted by Gasteiger charge is -2.32. The molecule has 3 aromatic rings. The second-order valence-electron chi connectivity index (χ2n) is 6.97. The van der Waals surface area contributed by atoms with Crippen molar-refractivity contribution < 1.29 is 4.21 Å². The third kappa shape index (κ3) is 3.50. The van der Waals surface area contributed by atoms with Crippen molar-refractivity contribution in [2.45, 2.75) is 24.7 Å². The van der Waals surface area contributed by atoms with Crippen molar-refractivity contribution in [3.8, 4) is 17.3 Å². The van der Waals surface area contributed by atoms with E-state index in [0.29, 0.717) is 5.75 Å². The molecule has 0 bridgehead atoms. The summed E-state index contributed by atoms with van der Waals surface area (Å²) in [7, 11) is -0.988. The Labute approximate surface area is 162 Å². The molecule has 1 fully saturated rings. The van der Waals surface area contributed by atoms with Crippen LogP contribution in [0.1, 0.15) is 19.8 Å². The van der Waals surface area contributed by atoms with Crippen LogP contribution in [-0.4, -0.2) is 28.0 Å². The minimum absolute atomic E-state index is 0.157. The molecule has 0 spiro atoms. The summed E-state index contributed by atoms with van der Waals surface area (Å²) < 4.78 is 12.4. The van der Waals surface area contributed by atoms with Crippen molar-refractivity contribution in [3.05, 3.63) is 48.5 Å². The zero-order valence-electron chi connectivity index (χ0n) is 15.4. The Morgan fingerprint density at radius 1 is 1.19 bits per heavy atom. The zero-order valence-corrected chi connectivity index (χ0v) is 16.3. The van der Waals surface area contributed by atoms with Crippen LogP contribution in [-0.2, 0) is 10.8 Å². The van der Waals surface area contributed by atoms with Gasteiger partial charge >= 0.3 is 0 Å². The van der Waals surface area contributed by atoms with Gasteiger partial charge in [0.2, 0.25) is 0 Å². The van der Waals surface area contributed by atoms with Crippen LogP contribution in [0.5, 0.6) is 0 Å². The number of aromatic nitrogens is 1. The van der Waals surface area contributed by atoms with Crippen LogP contribution in [0.4, 0.5) is 5.69 Å². The standard InChI is InChI=1S/C22H23N3OS/c1-2-27(26)18-7-8-22(25-11-9-16(15-23)10-12-25)19(14-18)21-13-17-5-3-4-6-20(17)24-21/h3-8,13-14,16,24H,2,9-12H2,1H3/t27-/m1/s1. The molecule has 2 aromatic carbocycles. The maximum Gasteiger partial charge on any atom is 0.0657 e. The summed E-state index contributed by atoms with van der Waals surface area (Å²) in [6, 6.07) is 18.9. The van der Waals surface area contributed by atoms with Gasteiger partial charge in [0.15, 0.2) is 0 Å². The van der Waals surface area contributed by atoms with Gasteiger partial charge in [-0.3, -0.25) is 4.21 Å². The maximum absolute atomic E-state index is 12.4. The highest BCUT2D eigenvalue weighted by Gasteiger charge is 2.22. The first-order valence-corrected chi connectivity index (χ1v) is 10.8. The largest absolute Gasteiger partial charge is 0.371 e. The van der Waals surface area contributed by atoms with Gasteiger partial charge in [-0.15, -0.1) is 0 Å². The van der Waals surface area contributed by atoms with E-state index in [0.717, 1.165) is 53.3 Å². The van der Waals surface area contributed by atoms with Gasteiger partial charge in [0.25, 0.3) is 0 Å². The molecule has 4 nitrogen and oxygen atoms in total. The normalized spacial score (nSPS) is 16.4. The van der Waals surface area contributed by atoms with E-state index in [1.165, 1.54) is 5.39 Å². The molecule has 1 aromatic heterocycles. The lowest BCUT2D eigenvalue weighted by atomic mass is 9.97. The molecule has 1 aliphatic rings. The van der Waals surface area contributed by atoms with Gasteiger partial charge in [-0.05, 0) is 43.2 Å². The second kappa shape index (κ2) is 7.58. The summed E-state index contributed by atoms with van der Waals surface area (Å²) in [6.45, 7) is 3.70. The Morgan fingerprint density at radius 2 is 1.96 bits per heavy atom. The van der Waals surface area contributed by atoms with Crippen LogP contribution in [0, 0.1) is 17.2 Å².